The molecule has 2 N–H and O–H groups in total. The van der Waals surface area contributed by atoms with Crippen LogP contribution in [0.5, 0.6) is 5.88 Å². The second-order valence-corrected chi connectivity index (χ2v) is 5.70. The fourth-order valence-electron chi connectivity index (χ4n) is 1.22. The van der Waals surface area contributed by atoms with Crippen molar-refractivity contribution in [2.24, 2.45) is 11.1 Å². The third-order valence-corrected chi connectivity index (χ3v) is 2.88. The lowest BCUT2D eigenvalue weighted by Gasteiger charge is -2.10. The van der Waals surface area contributed by atoms with Crippen molar-refractivity contribution in [1.29, 1.82) is 0 Å². The van der Waals surface area contributed by atoms with Gasteiger partial charge in [0.1, 0.15) is 11.5 Å². The summed E-state index contributed by atoms with van der Waals surface area (Å²) in [6.45, 7) is 5.32. The molecule has 0 aliphatic carbocycles. The quantitative estimate of drug-likeness (QED) is 0.742. The molecule has 0 spiro atoms. The first-order valence-corrected chi connectivity index (χ1v) is 7.14. The highest BCUT2D eigenvalue weighted by molar-refractivity contribution is 7.89. The summed E-state index contributed by atoms with van der Waals surface area (Å²) in [6.07, 6.45) is 1.44. The van der Waals surface area contributed by atoms with Gasteiger partial charge in [0, 0.05) is 12.8 Å². The van der Waals surface area contributed by atoms with E-state index in [9.17, 15) is 8.42 Å². The van der Waals surface area contributed by atoms with Gasteiger partial charge in [-0.25, -0.2) is 18.5 Å². The van der Waals surface area contributed by atoms with Crippen LogP contribution in [-0.2, 0) is 14.8 Å². The molecular weight excluding hydrogens is 256 g/mol. The lowest BCUT2D eigenvalue weighted by Crippen LogP contribution is -2.16. The van der Waals surface area contributed by atoms with Crippen molar-refractivity contribution in [3.63, 3.8) is 0 Å². The molecule has 0 fully saturated rings. The Morgan fingerprint density at radius 2 is 2.11 bits per heavy atom. The van der Waals surface area contributed by atoms with Gasteiger partial charge in [0.15, 0.2) is 0 Å². The third kappa shape index (κ3) is 4.99. The molecule has 6 nitrogen and oxygen atoms in total. The van der Waals surface area contributed by atoms with Crippen molar-refractivity contribution >= 4 is 10.0 Å². The van der Waals surface area contributed by atoms with E-state index in [0.717, 1.165) is 0 Å². The van der Waals surface area contributed by atoms with Gasteiger partial charge >= 0.3 is 0 Å². The van der Waals surface area contributed by atoms with E-state index < -0.39 is 10.0 Å². The summed E-state index contributed by atoms with van der Waals surface area (Å²) in [5.74, 6) is 0.452. The van der Waals surface area contributed by atoms with Crippen LogP contribution in [0.15, 0.2) is 23.2 Å². The number of sulfonamides is 1. The molecule has 102 valence electrons. The highest BCUT2D eigenvalue weighted by atomic mass is 32.2. The molecule has 18 heavy (non-hydrogen) atoms. The number of primary sulfonamides is 1. The lowest BCUT2D eigenvalue weighted by molar-refractivity contribution is 0.0797. The van der Waals surface area contributed by atoms with Crippen LogP contribution < -0.4 is 9.88 Å². The third-order valence-electron chi connectivity index (χ3n) is 1.96. The van der Waals surface area contributed by atoms with E-state index in [-0.39, 0.29) is 17.4 Å². The Kier molecular flexibility index (Phi) is 5.52. The first-order chi connectivity index (χ1) is 8.41. The van der Waals surface area contributed by atoms with Crippen LogP contribution in [0.2, 0.25) is 0 Å². The maximum absolute atomic E-state index is 11.3. The van der Waals surface area contributed by atoms with Crippen LogP contribution in [0.4, 0.5) is 0 Å². The molecule has 0 atom stereocenters. The van der Waals surface area contributed by atoms with Gasteiger partial charge in [-0.3, -0.25) is 0 Å². The van der Waals surface area contributed by atoms with Crippen molar-refractivity contribution in [2.75, 3.05) is 19.8 Å². The Balaban J connectivity index is 2.53. The van der Waals surface area contributed by atoms with E-state index in [1.54, 1.807) is 0 Å². The Morgan fingerprint density at radius 1 is 1.39 bits per heavy atom. The van der Waals surface area contributed by atoms with Crippen molar-refractivity contribution in [3.05, 3.63) is 18.3 Å². The number of hydrogen-bond acceptors (Lipinski definition) is 5. The molecule has 0 aliphatic heterocycles. The highest BCUT2D eigenvalue weighted by Gasteiger charge is 2.15. The van der Waals surface area contributed by atoms with E-state index in [1.165, 1.54) is 18.3 Å². The van der Waals surface area contributed by atoms with E-state index >= 15 is 0 Å². The molecule has 0 radical (unpaired) electrons. The summed E-state index contributed by atoms with van der Waals surface area (Å²) >= 11 is 0. The fourth-order valence-corrected chi connectivity index (χ4v) is 1.84. The van der Waals surface area contributed by atoms with Gasteiger partial charge < -0.3 is 9.47 Å². The fraction of sp³-hybridized carbons (Fsp3) is 0.545. The molecule has 1 aromatic heterocycles. The molecule has 0 saturated carbocycles. The maximum Gasteiger partial charge on any atom is 0.243 e. The van der Waals surface area contributed by atoms with Gasteiger partial charge in [-0.05, 0) is 18.1 Å². The van der Waals surface area contributed by atoms with Crippen molar-refractivity contribution in [2.45, 2.75) is 18.7 Å². The van der Waals surface area contributed by atoms with Crippen LogP contribution >= 0.6 is 0 Å². The van der Waals surface area contributed by atoms with Gasteiger partial charge in [0.25, 0.3) is 0 Å². The van der Waals surface area contributed by atoms with Crippen LogP contribution in [0.25, 0.3) is 0 Å². The molecule has 1 rings (SSSR count). The van der Waals surface area contributed by atoms with Crippen molar-refractivity contribution in [3.8, 4) is 5.88 Å². The Morgan fingerprint density at radius 3 is 2.72 bits per heavy atom. The minimum Gasteiger partial charge on any atom is -0.474 e. The number of pyridine rings is 1. The zero-order valence-corrected chi connectivity index (χ0v) is 11.3. The first-order valence-electron chi connectivity index (χ1n) is 5.59. The van der Waals surface area contributed by atoms with E-state index in [2.05, 4.69) is 4.98 Å². The summed E-state index contributed by atoms with van der Waals surface area (Å²) in [7, 11) is -3.82. The first kappa shape index (κ1) is 14.9. The number of ether oxygens (including phenoxy) is 2. The van der Waals surface area contributed by atoms with Crippen LogP contribution in [0.3, 0.4) is 0 Å². The number of rotatable bonds is 7. The molecule has 0 unspecified atom stereocenters. The summed E-state index contributed by atoms with van der Waals surface area (Å²) in [6, 6.07) is 2.84. The summed E-state index contributed by atoms with van der Waals surface area (Å²) in [4.78, 5) is 3.72. The smallest absolute Gasteiger partial charge is 0.243 e. The Hall–Kier alpha value is -1.18. The Labute approximate surface area is 107 Å². The highest BCUT2D eigenvalue weighted by Crippen LogP contribution is 2.18. The molecule has 0 bridgehead atoms. The number of nitrogens with zero attached hydrogens (tertiary/aromatic N) is 1. The molecule has 0 aliphatic rings. The maximum atomic E-state index is 11.3. The number of aromatic nitrogens is 1. The molecule has 0 saturated heterocycles. The van der Waals surface area contributed by atoms with E-state index in [4.69, 9.17) is 14.6 Å². The minimum atomic E-state index is -3.82. The molecule has 0 amide bonds. The van der Waals surface area contributed by atoms with E-state index in [1.807, 2.05) is 13.8 Å². The van der Waals surface area contributed by atoms with E-state index in [0.29, 0.717) is 19.1 Å². The largest absolute Gasteiger partial charge is 0.474 e. The average Bonchev–Trinajstić information content (AvgIpc) is 2.27. The van der Waals surface area contributed by atoms with Gasteiger partial charge in [-0.15, -0.1) is 0 Å². The molecule has 0 aromatic carbocycles. The van der Waals surface area contributed by atoms with Gasteiger partial charge in [-0.1, -0.05) is 13.8 Å². The number of nitrogens with two attached hydrogens (primary N) is 1. The Bertz CT molecular complexity index is 474. The predicted octanol–water partition coefficient (Wildman–Crippen LogP) is 0.780. The minimum absolute atomic E-state index is 0.00754. The van der Waals surface area contributed by atoms with Crippen molar-refractivity contribution < 1.29 is 17.9 Å². The van der Waals surface area contributed by atoms with Crippen LogP contribution in [0, 0.1) is 5.92 Å². The van der Waals surface area contributed by atoms with Crippen molar-refractivity contribution in [1.82, 2.24) is 4.98 Å². The summed E-state index contributed by atoms with van der Waals surface area (Å²) in [5, 5.41) is 5.05. The number of hydrogen-bond donors (Lipinski definition) is 1. The standard InChI is InChI=1S/C11H18N2O4S/c1-9(2)8-16-6-7-17-11-10(18(12,14)15)4-3-5-13-11/h3-5,9H,6-8H2,1-2H3,(H2,12,14,15). The van der Waals surface area contributed by atoms with Crippen LogP contribution in [0.1, 0.15) is 13.8 Å². The second-order valence-electron chi connectivity index (χ2n) is 4.17. The normalized spacial score (nSPS) is 11.8. The predicted molar refractivity (Wildman–Crippen MR) is 66.8 cm³/mol. The zero-order valence-electron chi connectivity index (χ0n) is 10.5. The molecule has 1 heterocycles. The average molecular weight is 274 g/mol. The van der Waals surface area contributed by atoms with Crippen LogP contribution in [-0.4, -0.2) is 33.2 Å². The van der Waals surface area contributed by atoms with Gasteiger partial charge in [-0.2, -0.15) is 0 Å². The molecule has 1 aromatic rings. The van der Waals surface area contributed by atoms with Gasteiger partial charge in [0.2, 0.25) is 15.9 Å². The summed E-state index contributed by atoms with van der Waals surface area (Å²) in [5.41, 5.74) is 0. The SMILES string of the molecule is CC(C)COCCOc1ncccc1S(N)(=O)=O. The lowest BCUT2D eigenvalue weighted by atomic mass is 10.2. The monoisotopic (exact) mass is 274 g/mol. The summed E-state index contributed by atoms with van der Waals surface area (Å²) < 4.78 is 33.1. The molecule has 7 heteroatoms. The molecular formula is C11H18N2O4S. The second kappa shape index (κ2) is 6.67. The van der Waals surface area contributed by atoms with Gasteiger partial charge in [0.05, 0.1) is 6.61 Å². The zero-order chi connectivity index (χ0) is 13.6. The topological polar surface area (TPSA) is 91.5 Å².